The molecule has 4 fully saturated rings. The van der Waals surface area contributed by atoms with E-state index < -0.39 is 41.0 Å². The third-order valence-corrected chi connectivity index (χ3v) is 14.0. The van der Waals surface area contributed by atoms with Crippen molar-refractivity contribution in [3.63, 3.8) is 0 Å². The minimum absolute atomic E-state index is 0.0253. The summed E-state index contributed by atoms with van der Waals surface area (Å²) in [5.74, 6) is 0.0295. The zero-order valence-electron chi connectivity index (χ0n) is 31.1. The molecule has 4 aliphatic rings. The van der Waals surface area contributed by atoms with Crippen molar-refractivity contribution < 1.29 is 34.4 Å². The van der Waals surface area contributed by atoms with E-state index >= 15 is 0 Å². The third-order valence-electron chi connectivity index (χ3n) is 14.0. The molecule has 11 atom stereocenters. The lowest BCUT2D eigenvalue weighted by atomic mass is 9.35. The van der Waals surface area contributed by atoms with Gasteiger partial charge in [-0.05, 0) is 152 Å². The minimum atomic E-state index is -0.986. The Morgan fingerprint density at radius 1 is 0.870 bits per heavy atom. The topological polar surface area (TPSA) is 125 Å². The van der Waals surface area contributed by atoms with Gasteiger partial charge in [0, 0.05) is 5.92 Å². The first-order valence-electron chi connectivity index (χ1n) is 18.1. The molecule has 0 unspecified atom stereocenters. The van der Waals surface area contributed by atoms with E-state index in [9.17, 15) is 24.9 Å². The number of esters is 1. The van der Waals surface area contributed by atoms with Crippen LogP contribution in [-0.2, 0) is 14.3 Å². The van der Waals surface area contributed by atoms with Gasteiger partial charge in [0.05, 0.1) is 17.3 Å². The molecule has 46 heavy (non-hydrogen) atoms. The Morgan fingerprint density at radius 2 is 1.48 bits per heavy atom. The van der Waals surface area contributed by atoms with Gasteiger partial charge in [-0.3, -0.25) is 0 Å². The number of amides is 1. The molecule has 0 spiro atoms. The van der Waals surface area contributed by atoms with Crippen molar-refractivity contribution >= 4 is 12.1 Å². The van der Waals surface area contributed by atoms with Crippen LogP contribution in [0, 0.1) is 45.3 Å². The monoisotopic (exact) mass is 649 g/mol. The molecule has 0 aliphatic heterocycles. The predicted molar refractivity (Wildman–Crippen MR) is 180 cm³/mol. The van der Waals surface area contributed by atoms with Gasteiger partial charge in [-0.1, -0.05) is 34.6 Å². The van der Waals surface area contributed by atoms with Crippen LogP contribution in [0.3, 0.4) is 0 Å². The number of fused-ring (bicyclic) bond motifs is 5. The Labute approximate surface area is 279 Å². The van der Waals surface area contributed by atoms with Crippen molar-refractivity contribution in [2.45, 2.75) is 182 Å². The standard InChI is InChI=1S/C38H67NO7/c1-23(39-31(42)46-32(2,3)4)30(41)45-25-22-27-35(9)19-16-28(40)34(7,8)26(35)15-21-36(27,10)37(11)20-14-24(29(25)37)38(12,44)18-13-17-33(5,6)43/h23-29,40,43-44H,13-22H2,1-12H3,(H,39,42)/t23-,24-,25+,26-,27+,28-,29-,35-,36+,37+,38+/m0/s1. The number of rotatable bonds is 8. The van der Waals surface area contributed by atoms with E-state index in [2.05, 4.69) is 39.9 Å². The van der Waals surface area contributed by atoms with E-state index in [0.717, 1.165) is 38.5 Å². The highest BCUT2D eigenvalue weighted by Crippen LogP contribution is 2.76. The Hall–Kier alpha value is -1.38. The molecule has 8 nitrogen and oxygen atoms in total. The maximum atomic E-state index is 13.8. The van der Waals surface area contributed by atoms with Crippen molar-refractivity contribution in [2.75, 3.05) is 0 Å². The van der Waals surface area contributed by atoms with Gasteiger partial charge in [0.25, 0.3) is 0 Å². The molecule has 0 aromatic rings. The maximum absolute atomic E-state index is 13.8. The Bertz CT molecular complexity index is 1140. The van der Waals surface area contributed by atoms with E-state index in [1.807, 2.05) is 6.92 Å². The first-order chi connectivity index (χ1) is 20.8. The van der Waals surface area contributed by atoms with Crippen molar-refractivity contribution in [1.29, 1.82) is 0 Å². The second kappa shape index (κ2) is 12.2. The number of carbonyl (C=O) groups is 2. The summed E-state index contributed by atoms with van der Waals surface area (Å²) < 4.78 is 11.9. The average Bonchev–Trinajstić information content (AvgIpc) is 3.26. The zero-order chi connectivity index (χ0) is 34.9. The summed E-state index contributed by atoms with van der Waals surface area (Å²) in [6.07, 6.45) is 6.79. The molecule has 4 rings (SSSR count). The largest absolute Gasteiger partial charge is 0.461 e. The summed E-state index contributed by atoms with van der Waals surface area (Å²) in [4.78, 5) is 26.3. The maximum Gasteiger partial charge on any atom is 0.408 e. The van der Waals surface area contributed by atoms with Gasteiger partial charge >= 0.3 is 12.1 Å². The second-order valence-corrected chi connectivity index (χ2v) is 19.1. The highest BCUT2D eigenvalue weighted by molar-refractivity contribution is 5.81. The van der Waals surface area contributed by atoms with Crippen LogP contribution in [0.1, 0.15) is 147 Å². The molecule has 1 amide bonds. The van der Waals surface area contributed by atoms with Gasteiger partial charge in [-0.2, -0.15) is 0 Å². The first-order valence-corrected chi connectivity index (χ1v) is 18.1. The van der Waals surface area contributed by atoms with Crippen molar-refractivity contribution in [1.82, 2.24) is 5.32 Å². The lowest BCUT2D eigenvalue weighted by Gasteiger charge is -2.70. The van der Waals surface area contributed by atoms with Crippen LogP contribution in [0.4, 0.5) is 4.79 Å². The molecular weight excluding hydrogens is 582 g/mol. The van der Waals surface area contributed by atoms with Crippen LogP contribution in [0.5, 0.6) is 0 Å². The van der Waals surface area contributed by atoms with E-state index in [1.54, 1.807) is 41.5 Å². The summed E-state index contributed by atoms with van der Waals surface area (Å²) in [5.41, 5.74) is -2.90. The van der Waals surface area contributed by atoms with Crippen LogP contribution in [-0.4, -0.2) is 62.4 Å². The van der Waals surface area contributed by atoms with E-state index in [4.69, 9.17) is 9.47 Å². The molecule has 0 aromatic heterocycles. The molecule has 0 heterocycles. The number of ether oxygens (including phenoxy) is 2. The van der Waals surface area contributed by atoms with Crippen LogP contribution >= 0.6 is 0 Å². The average molecular weight is 650 g/mol. The fourth-order valence-electron chi connectivity index (χ4n) is 11.4. The van der Waals surface area contributed by atoms with Gasteiger partial charge in [-0.25, -0.2) is 9.59 Å². The van der Waals surface area contributed by atoms with Crippen LogP contribution in [0.15, 0.2) is 0 Å². The molecule has 0 aromatic carbocycles. The molecule has 266 valence electrons. The molecule has 4 N–H and O–H groups in total. The Balaban J connectivity index is 1.70. The fraction of sp³-hybridized carbons (Fsp3) is 0.947. The molecule has 0 saturated heterocycles. The van der Waals surface area contributed by atoms with Crippen LogP contribution in [0.2, 0.25) is 0 Å². The number of alkyl carbamates (subject to hydrolysis) is 1. The second-order valence-electron chi connectivity index (χ2n) is 19.1. The summed E-state index contributed by atoms with van der Waals surface area (Å²) >= 11 is 0. The van der Waals surface area contributed by atoms with Crippen LogP contribution < -0.4 is 5.32 Å². The lowest BCUT2D eigenvalue weighted by Crippen LogP contribution is -2.67. The molecule has 4 aliphatic carbocycles. The fourth-order valence-corrected chi connectivity index (χ4v) is 11.4. The normalized spacial score (nSPS) is 40.8. The quantitative estimate of drug-likeness (QED) is 0.206. The van der Waals surface area contributed by atoms with Gasteiger partial charge in [0.2, 0.25) is 0 Å². The Morgan fingerprint density at radius 3 is 2.07 bits per heavy atom. The molecule has 0 bridgehead atoms. The van der Waals surface area contributed by atoms with Gasteiger partial charge in [0.1, 0.15) is 17.7 Å². The Kier molecular flexibility index (Phi) is 9.92. The number of aliphatic hydroxyl groups excluding tert-OH is 1. The summed E-state index contributed by atoms with van der Waals surface area (Å²) in [5, 5.41) is 36.3. The highest BCUT2D eigenvalue weighted by Gasteiger charge is 2.72. The van der Waals surface area contributed by atoms with Gasteiger partial charge in [0.15, 0.2) is 0 Å². The number of hydrogen-bond acceptors (Lipinski definition) is 7. The SMILES string of the molecule is C[C@H](NC(=O)OC(C)(C)C)C(=O)O[C@@H]1C[C@@H]2[C@@]3(C)CC[C@H](O)C(C)(C)[C@@H]3CC[C@@]2(C)[C@]2(C)CC[C@H]([C@](C)(O)CCCC(C)(C)O)[C@@H]12. The number of aliphatic hydroxyl groups is 3. The molecular formula is C38H67NO7. The first kappa shape index (κ1) is 37.4. The molecule has 0 radical (unpaired) electrons. The smallest absolute Gasteiger partial charge is 0.408 e. The van der Waals surface area contributed by atoms with Gasteiger partial charge < -0.3 is 30.1 Å². The minimum Gasteiger partial charge on any atom is -0.461 e. The highest BCUT2D eigenvalue weighted by atomic mass is 16.6. The van der Waals surface area contributed by atoms with Gasteiger partial charge in [-0.15, -0.1) is 0 Å². The van der Waals surface area contributed by atoms with E-state index in [-0.39, 0.29) is 45.5 Å². The summed E-state index contributed by atoms with van der Waals surface area (Å²) in [7, 11) is 0. The van der Waals surface area contributed by atoms with E-state index in [0.29, 0.717) is 31.6 Å². The van der Waals surface area contributed by atoms with Crippen molar-refractivity contribution in [2.24, 2.45) is 45.3 Å². The number of carbonyl (C=O) groups excluding carboxylic acids is 2. The molecule has 8 heteroatoms. The zero-order valence-corrected chi connectivity index (χ0v) is 31.1. The lowest BCUT2D eigenvalue weighted by molar-refractivity contribution is -0.251. The summed E-state index contributed by atoms with van der Waals surface area (Å²) in [6, 6.07) is -0.889. The van der Waals surface area contributed by atoms with Crippen molar-refractivity contribution in [3.05, 3.63) is 0 Å². The summed E-state index contributed by atoms with van der Waals surface area (Å²) in [6.45, 7) is 24.3. The number of nitrogens with one attached hydrogen (secondary N) is 1. The van der Waals surface area contributed by atoms with Crippen LogP contribution in [0.25, 0.3) is 0 Å². The van der Waals surface area contributed by atoms with Crippen molar-refractivity contribution in [3.8, 4) is 0 Å². The molecule has 4 saturated carbocycles. The number of hydrogen-bond donors (Lipinski definition) is 4. The third kappa shape index (κ3) is 6.75. The van der Waals surface area contributed by atoms with E-state index in [1.165, 1.54) is 0 Å². The predicted octanol–water partition coefficient (Wildman–Crippen LogP) is 7.16.